The van der Waals surface area contributed by atoms with Crippen LogP contribution in [-0.4, -0.2) is 52.9 Å². The summed E-state index contributed by atoms with van der Waals surface area (Å²) in [6, 6.07) is 7.51. The number of halogens is 1. The third-order valence-electron chi connectivity index (χ3n) is 7.67. The molecule has 2 fully saturated rings. The Bertz CT molecular complexity index is 1230. The van der Waals surface area contributed by atoms with Crippen LogP contribution in [0.5, 0.6) is 0 Å². The van der Waals surface area contributed by atoms with Crippen molar-refractivity contribution in [3.8, 4) is 0 Å². The van der Waals surface area contributed by atoms with Crippen molar-refractivity contribution in [2.45, 2.75) is 45.1 Å². The fourth-order valence-electron chi connectivity index (χ4n) is 6.07. The third kappa shape index (κ3) is 3.75. The van der Waals surface area contributed by atoms with Crippen LogP contribution in [0.2, 0.25) is 0 Å². The molecule has 3 aliphatic rings. The largest absolute Gasteiger partial charge is 0.408 e. The highest BCUT2D eigenvalue weighted by atomic mass is 19.1. The Balaban J connectivity index is 1.30. The molecule has 2 bridgehead atoms. The van der Waals surface area contributed by atoms with E-state index in [2.05, 4.69) is 44.5 Å². The van der Waals surface area contributed by atoms with Gasteiger partial charge in [-0.25, -0.2) is 4.39 Å². The maximum atomic E-state index is 13.6. The number of nitrogens with zero attached hydrogens (tertiary/aromatic N) is 6. The minimum absolute atomic E-state index is 0.160. The smallest absolute Gasteiger partial charge is 0.318 e. The molecule has 35 heavy (non-hydrogen) atoms. The minimum atomic E-state index is -0.245. The lowest BCUT2D eigenvalue weighted by Gasteiger charge is -2.37. The number of fused-ring (bicyclic) bond motifs is 3. The number of benzene rings is 1. The molecule has 184 valence electrons. The summed E-state index contributed by atoms with van der Waals surface area (Å²) >= 11 is 0. The highest BCUT2D eigenvalue weighted by Crippen LogP contribution is 2.47. The third-order valence-corrected chi connectivity index (χ3v) is 7.67. The van der Waals surface area contributed by atoms with E-state index in [0.29, 0.717) is 29.7 Å². The Morgan fingerprint density at radius 1 is 1.06 bits per heavy atom. The molecule has 1 saturated heterocycles. The Kier molecular flexibility index (Phi) is 5.08. The van der Waals surface area contributed by atoms with Crippen molar-refractivity contribution in [3.63, 3.8) is 0 Å². The molecule has 2 aromatic heterocycles. The Hall–Kier alpha value is -3.43. The summed E-state index contributed by atoms with van der Waals surface area (Å²) in [5.41, 5.74) is 1.85. The molecule has 0 unspecified atom stereocenters. The Morgan fingerprint density at radius 2 is 1.77 bits per heavy atom. The molecule has 3 atom stereocenters. The number of hydrogen-bond acceptors (Lipinski definition) is 9. The number of hydrogen-bond donors (Lipinski definition) is 2. The van der Waals surface area contributed by atoms with Gasteiger partial charge in [-0.2, -0.15) is 9.97 Å². The number of aryl methyl sites for hydroxylation is 1. The van der Waals surface area contributed by atoms with Crippen LogP contribution < -0.4 is 20.4 Å². The lowest BCUT2D eigenvalue weighted by Crippen LogP contribution is -2.48. The van der Waals surface area contributed by atoms with E-state index in [0.717, 1.165) is 55.4 Å². The fourth-order valence-corrected chi connectivity index (χ4v) is 6.07. The van der Waals surface area contributed by atoms with Crippen LogP contribution in [0.1, 0.15) is 38.1 Å². The summed E-state index contributed by atoms with van der Waals surface area (Å²) in [5, 5.41) is 15.2. The van der Waals surface area contributed by atoms with Gasteiger partial charge in [-0.1, -0.05) is 18.9 Å². The highest BCUT2D eigenvalue weighted by molar-refractivity contribution is 5.75. The second kappa shape index (κ2) is 8.07. The second-order valence-electron chi connectivity index (χ2n) is 10.6. The first-order valence-electron chi connectivity index (χ1n) is 12.3. The van der Waals surface area contributed by atoms with Crippen molar-refractivity contribution < 1.29 is 8.81 Å². The van der Waals surface area contributed by atoms with Gasteiger partial charge in [0.15, 0.2) is 0 Å². The predicted molar refractivity (Wildman–Crippen MR) is 133 cm³/mol. The SMILES string of the molecule is CNc1nc(N[C@@H]2[C@@H]3CC[C@H]2CN(c2nnc(C)o2)C3)nc2c1C(C)(C)CN2c1ccc(F)cc1. The zero-order valence-corrected chi connectivity index (χ0v) is 20.5. The van der Waals surface area contributed by atoms with E-state index in [-0.39, 0.29) is 17.3 Å². The molecule has 2 N–H and O–H groups in total. The summed E-state index contributed by atoms with van der Waals surface area (Å²) < 4.78 is 19.3. The summed E-state index contributed by atoms with van der Waals surface area (Å²) in [7, 11) is 1.90. The van der Waals surface area contributed by atoms with Crippen molar-refractivity contribution in [1.82, 2.24) is 20.2 Å². The van der Waals surface area contributed by atoms with Gasteiger partial charge in [0.25, 0.3) is 0 Å². The molecule has 3 aromatic rings. The summed E-state index contributed by atoms with van der Waals surface area (Å²) in [6.07, 6.45) is 2.29. The van der Waals surface area contributed by atoms with Crippen LogP contribution in [0.15, 0.2) is 28.7 Å². The van der Waals surface area contributed by atoms with Gasteiger partial charge < -0.3 is 24.9 Å². The first-order chi connectivity index (χ1) is 16.8. The van der Waals surface area contributed by atoms with E-state index in [1.54, 1.807) is 0 Å². The molecule has 2 aliphatic heterocycles. The average Bonchev–Trinajstić information content (AvgIpc) is 3.45. The number of nitrogens with one attached hydrogen (secondary N) is 2. The quantitative estimate of drug-likeness (QED) is 0.562. The molecule has 9 nitrogen and oxygen atoms in total. The molecular weight excluding hydrogens is 447 g/mol. The molecule has 1 aliphatic carbocycles. The summed E-state index contributed by atoms with van der Waals surface area (Å²) in [5.74, 6) is 3.56. The normalized spacial score (nSPS) is 24.5. The van der Waals surface area contributed by atoms with Gasteiger partial charge in [-0.3, -0.25) is 0 Å². The predicted octanol–water partition coefficient (Wildman–Crippen LogP) is 4.11. The van der Waals surface area contributed by atoms with Gasteiger partial charge in [0, 0.05) is 56.3 Å². The van der Waals surface area contributed by atoms with Gasteiger partial charge in [-0.05, 0) is 48.9 Å². The minimum Gasteiger partial charge on any atom is -0.408 e. The van der Waals surface area contributed by atoms with Crippen LogP contribution in [0.25, 0.3) is 0 Å². The van der Waals surface area contributed by atoms with Crippen molar-refractivity contribution in [2.75, 3.05) is 47.1 Å². The average molecular weight is 479 g/mol. The molecule has 1 saturated carbocycles. The first-order valence-corrected chi connectivity index (χ1v) is 12.3. The van der Waals surface area contributed by atoms with Crippen molar-refractivity contribution in [1.29, 1.82) is 0 Å². The molecule has 4 heterocycles. The van der Waals surface area contributed by atoms with Crippen LogP contribution in [0, 0.1) is 24.6 Å². The molecule has 0 radical (unpaired) electrons. The van der Waals surface area contributed by atoms with Crippen molar-refractivity contribution in [2.24, 2.45) is 11.8 Å². The van der Waals surface area contributed by atoms with E-state index in [9.17, 15) is 4.39 Å². The number of rotatable bonds is 5. The molecule has 0 spiro atoms. The number of piperidine rings is 1. The lowest BCUT2D eigenvalue weighted by atomic mass is 9.88. The molecule has 1 aromatic carbocycles. The summed E-state index contributed by atoms with van der Waals surface area (Å²) in [6.45, 7) is 8.70. The second-order valence-corrected chi connectivity index (χ2v) is 10.6. The van der Waals surface area contributed by atoms with Gasteiger partial charge >= 0.3 is 6.01 Å². The van der Waals surface area contributed by atoms with Crippen LogP contribution in [-0.2, 0) is 5.41 Å². The first kappa shape index (κ1) is 22.1. The van der Waals surface area contributed by atoms with Gasteiger partial charge in [-0.15, -0.1) is 5.10 Å². The number of aromatic nitrogens is 4. The topological polar surface area (TPSA) is 95.2 Å². The lowest BCUT2D eigenvalue weighted by molar-refractivity contribution is 0.357. The van der Waals surface area contributed by atoms with Crippen LogP contribution >= 0.6 is 0 Å². The monoisotopic (exact) mass is 478 g/mol. The van der Waals surface area contributed by atoms with Gasteiger partial charge in [0.2, 0.25) is 11.8 Å². The maximum Gasteiger partial charge on any atom is 0.318 e. The zero-order valence-electron chi connectivity index (χ0n) is 20.5. The van der Waals surface area contributed by atoms with E-state index in [1.807, 2.05) is 26.1 Å². The Labute approximate surface area is 204 Å². The highest BCUT2D eigenvalue weighted by Gasteiger charge is 2.45. The molecular formula is C25H31FN8O. The van der Waals surface area contributed by atoms with E-state index in [1.165, 1.54) is 12.1 Å². The van der Waals surface area contributed by atoms with Crippen LogP contribution in [0.4, 0.5) is 33.7 Å². The van der Waals surface area contributed by atoms with Crippen LogP contribution in [0.3, 0.4) is 0 Å². The van der Waals surface area contributed by atoms with Gasteiger partial charge in [0.05, 0.1) is 0 Å². The number of anilines is 5. The van der Waals surface area contributed by atoms with E-state index >= 15 is 0 Å². The zero-order chi connectivity index (χ0) is 24.3. The molecule has 10 heteroatoms. The fraction of sp³-hybridized carbons (Fsp3) is 0.520. The van der Waals surface area contributed by atoms with E-state index < -0.39 is 0 Å². The van der Waals surface area contributed by atoms with Crippen molar-refractivity contribution >= 4 is 29.3 Å². The van der Waals surface area contributed by atoms with Gasteiger partial charge in [0.1, 0.15) is 17.5 Å². The molecule has 6 rings (SSSR count). The standard InChI is InChI=1S/C25H31FN8O/c1-14-31-32-24(35-14)33-11-15-5-6-16(12-33)20(15)28-23-29-21(27-4)19-22(30-23)34(13-25(19,2)3)18-9-7-17(26)8-10-18/h7-10,15-16,20H,5-6,11-13H2,1-4H3,(H2,27,28,29,30)/t15-,16+,20-. The maximum absolute atomic E-state index is 13.6. The summed E-state index contributed by atoms with van der Waals surface area (Å²) in [4.78, 5) is 14.3. The molecule has 0 amide bonds. The van der Waals surface area contributed by atoms with E-state index in [4.69, 9.17) is 14.4 Å². The Morgan fingerprint density at radius 3 is 2.40 bits per heavy atom. The van der Waals surface area contributed by atoms with Crippen molar-refractivity contribution in [3.05, 3.63) is 41.5 Å².